The Morgan fingerprint density at radius 3 is 2.40 bits per heavy atom. The molecule has 0 fully saturated rings. The zero-order valence-corrected chi connectivity index (χ0v) is 11.9. The standard InChI is InChI=1S/C11H12ClNO6S/c1-6-4-7(12)2-3-9(6)20(18,19)13-8(11(16)17)5-10(14)15/h2-4,8,13H,5H2,1H3,(H,14,15)(H,16,17)/t8-/m1/s1. The van der Waals surface area contributed by atoms with Gasteiger partial charge >= 0.3 is 11.9 Å². The molecular weight excluding hydrogens is 310 g/mol. The molecule has 0 aromatic heterocycles. The first-order valence-corrected chi connectivity index (χ1v) is 7.22. The van der Waals surface area contributed by atoms with E-state index >= 15 is 0 Å². The lowest BCUT2D eigenvalue weighted by atomic mass is 10.2. The van der Waals surface area contributed by atoms with Crippen LogP contribution in [0.1, 0.15) is 12.0 Å². The van der Waals surface area contributed by atoms with Crippen LogP contribution in [0.3, 0.4) is 0 Å². The molecule has 0 aliphatic carbocycles. The summed E-state index contributed by atoms with van der Waals surface area (Å²) in [7, 11) is -4.15. The van der Waals surface area contributed by atoms with Crippen LogP contribution >= 0.6 is 11.6 Å². The maximum atomic E-state index is 12.1. The Morgan fingerprint density at radius 1 is 1.35 bits per heavy atom. The van der Waals surface area contributed by atoms with Crippen molar-refractivity contribution in [3.63, 3.8) is 0 Å². The summed E-state index contributed by atoms with van der Waals surface area (Å²) in [5.74, 6) is -2.99. The van der Waals surface area contributed by atoms with Crippen LogP contribution in [0.4, 0.5) is 0 Å². The largest absolute Gasteiger partial charge is 0.481 e. The molecule has 20 heavy (non-hydrogen) atoms. The summed E-state index contributed by atoms with van der Waals surface area (Å²) in [6.07, 6.45) is -0.860. The van der Waals surface area contributed by atoms with Crippen molar-refractivity contribution in [1.29, 1.82) is 0 Å². The van der Waals surface area contributed by atoms with Crippen LogP contribution in [0.15, 0.2) is 23.1 Å². The zero-order chi connectivity index (χ0) is 15.5. The van der Waals surface area contributed by atoms with Crippen molar-refractivity contribution in [3.8, 4) is 0 Å². The van der Waals surface area contributed by atoms with Crippen molar-refractivity contribution in [1.82, 2.24) is 4.72 Å². The molecule has 0 heterocycles. The molecule has 0 amide bonds. The lowest BCUT2D eigenvalue weighted by molar-refractivity contribution is -0.145. The van der Waals surface area contributed by atoms with Crippen molar-refractivity contribution in [2.24, 2.45) is 0 Å². The van der Waals surface area contributed by atoms with Gasteiger partial charge in [-0.05, 0) is 30.7 Å². The summed E-state index contributed by atoms with van der Waals surface area (Å²) in [6, 6.07) is 2.23. The number of carbonyl (C=O) groups is 2. The summed E-state index contributed by atoms with van der Waals surface area (Å²) in [6.45, 7) is 1.49. The Labute approximate surface area is 120 Å². The van der Waals surface area contributed by atoms with Gasteiger partial charge < -0.3 is 10.2 Å². The summed E-state index contributed by atoms with van der Waals surface area (Å²) < 4.78 is 25.9. The van der Waals surface area contributed by atoms with Crippen LogP contribution < -0.4 is 4.72 Å². The van der Waals surface area contributed by atoms with Gasteiger partial charge in [0.15, 0.2) is 0 Å². The third-order valence-electron chi connectivity index (χ3n) is 2.40. The molecule has 1 rings (SSSR count). The second kappa shape index (κ2) is 6.21. The number of carboxylic acid groups (broad SMARTS) is 2. The summed E-state index contributed by atoms with van der Waals surface area (Å²) >= 11 is 5.71. The predicted octanol–water partition coefficient (Wildman–Crippen LogP) is 0.855. The lowest BCUT2D eigenvalue weighted by Gasteiger charge is -2.14. The number of hydrogen-bond donors (Lipinski definition) is 3. The van der Waals surface area contributed by atoms with Crippen molar-refractivity contribution in [2.45, 2.75) is 24.3 Å². The summed E-state index contributed by atoms with van der Waals surface area (Å²) in [5, 5.41) is 17.7. The number of rotatable bonds is 6. The molecule has 0 saturated heterocycles. The Morgan fingerprint density at radius 2 is 1.95 bits per heavy atom. The number of nitrogens with one attached hydrogen (secondary N) is 1. The Balaban J connectivity index is 3.09. The van der Waals surface area contributed by atoms with Gasteiger partial charge in [0.25, 0.3) is 0 Å². The van der Waals surface area contributed by atoms with E-state index in [1.165, 1.54) is 25.1 Å². The molecule has 7 nitrogen and oxygen atoms in total. The number of aliphatic carboxylic acids is 2. The summed E-state index contributed by atoms with van der Waals surface area (Å²) in [4.78, 5) is 21.3. The highest BCUT2D eigenvalue weighted by Gasteiger charge is 2.28. The monoisotopic (exact) mass is 321 g/mol. The fourth-order valence-corrected chi connectivity index (χ4v) is 3.16. The third-order valence-corrected chi connectivity index (χ3v) is 4.27. The normalized spacial score (nSPS) is 12.9. The van der Waals surface area contributed by atoms with Gasteiger partial charge in [0.1, 0.15) is 6.04 Å². The first-order valence-electron chi connectivity index (χ1n) is 5.36. The Hall–Kier alpha value is -1.64. The molecule has 0 aliphatic rings. The van der Waals surface area contributed by atoms with E-state index in [9.17, 15) is 18.0 Å². The van der Waals surface area contributed by atoms with Crippen LogP contribution in [-0.2, 0) is 19.6 Å². The highest BCUT2D eigenvalue weighted by molar-refractivity contribution is 7.89. The van der Waals surface area contributed by atoms with E-state index in [-0.39, 0.29) is 4.90 Å². The number of sulfonamides is 1. The molecule has 0 spiro atoms. The van der Waals surface area contributed by atoms with Crippen molar-refractivity contribution in [2.75, 3.05) is 0 Å². The van der Waals surface area contributed by atoms with Crippen molar-refractivity contribution < 1.29 is 28.2 Å². The fourth-order valence-electron chi connectivity index (χ4n) is 1.52. The quantitative estimate of drug-likeness (QED) is 0.714. The minimum Gasteiger partial charge on any atom is -0.481 e. The molecular formula is C11H12ClNO6S. The highest BCUT2D eigenvalue weighted by Crippen LogP contribution is 2.20. The molecule has 9 heteroatoms. The van der Waals surface area contributed by atoms with E-state index in [1.54, 1.807) is 0 Å². The highest BCUT2D eigenvalue weighted by atomic mass is 35.5. The number of carboxylic acids is 2. The molecule has 1 aromatic carbocycles. The van der Waals surface area contributed by atoms with Gasteiger partial charge in [0, 0.05) is 5.02 Å². The van der Waals surface area contributed by atoms with Gasteiger partial charge in [-0.1, -0.05) is 11.6 Å². The summed E-state index contributed by atoms with van der Waals surface area (Å²) in [5.41, 5.74) is 0.324. The molecule has 1 aromatic rings. The van der Waals surface area contributed by atoms with E-state index in [2.05, 4.69) is 0 Å². The van der Waals surface area contributed by atoms with Gasteiger partial charge in [-0.25, -0.2) is 8.42 Å². The SMILES string of the molecule is Cc1cc(Cl)ccc1S(=O)(=O)N[C@H](CC(=O)O)C(=O)O. The minimum atomic E-state index is -4.15. The van der Waals surface area contributed by atoms with Crippen LogP contribution in [0.25, 0.3) is 0 Å². The first kappa shape index (κ1) is 16.4. The molecule has 0 aliphatic heterocycles. The number of halogens is 1. The lowest BCUT2D eigenvalue weighted by Crippen LogP contribution is -2.42. The van der Waals surface area contributed by atoms with E-state index in [1.807, 2.05) is 4.72 Å². The molecule has 110 valence electrons. The molecule has 0 bridgehead atoms. The average molecular weight is 322 g/mol. The Kier molecular flexibility index (Phi) is 5.09. The van der Waals surface area contributed by atoms with E-state index in [0.717, 1.165) is 0 Å². The maximum Gasteiger partial charge on any atom is 0.322 e. The predicted molar refractivity (Wildman–Crippen MR) is 70.2 cm³/mol. The Bertz CT molecular complexity index is 642. The van der Waals surface area contributed by atoms with Gasteiger partial charge in [0.2, 0.25) is 10.0 Å². The van der Waals surface area contributed by atoms with Crippen LogP contribution in [0, 0.1) is 6.92 Å². The van der Waals surface area contributed by atoms with Crippen molar-refractivity contribution >= 4 is 33.6 Å². The molecule has 1 atom stereocenters. The van der Waals surface area contributed by atoms with Crippen LogP contribution in [0.5, 0.6) is 0 Å². The maximum absolute atomic E-state index is 12.1. The molecule has 0 saturated carbocycles. The number of aryl methyl sites for hydroxylation is 1. The van der Waals surface area contributed by atoms with E-state index < -0.39 is 34.4 Å². The second-order valence-electron chi connectivity index (χ2n) is 4.02. The molecule has 0 radical (unpaired) electrons. The molecule has 0 unspecified atom stereocenters. The number of benzene rings is 1. The molecule has 3 N–H and O–H groups in total. The van der Waals surface area contributed by atoms with E-state index in [4.69, 9.17) is 21.8 Å². The zero-order valence-electron chi connectivity index (χ0n) is 10.3. The number of hydrogen-bond acceptors (Lipinski definition) is 4. The van der Waals surface area contributed by atoms with Gasteiger partial charge in [-0.2, -0.15) is 4.72 Å². The second-order valence-corrected chi connectivity index (χ2v) is 6.14. The van der Waals surface area contributed by atoms with Gasteiger partial charge in [0.05, 0.1) is 11.3 Å². The average Bonchev–Trinajstić information content (AvgIpc) is 2.26. The van der Waals surface area contributed by atoms with Crippen molar-refractivity contribution in [3.05, 3.63) is 28.8 Å². The fraction of sp³-hybridized carbons (Fsp3) is 0.273. The topological polar surface area (TPSA) is 121 Å². The van der Waals surface area contributed by atoms with Gasteiger partial charge in [-0.15, -0.1) is 0 Å². The first-order chi connectivity index (χ1) is 9.13. The van der Waals surface area contributed by atoms with Crippen LogP contribution in [-0.4, -0.2) is 36.6 Å². The smallest absolute Gasteiger partial charge is 0.322 e. The van der Waals surface area contributed by atoms with Crippen LogP contribution in [0.2, 0.25) is 5.02 Å². The minimum absolute atomic E-state index is 0.154. The van der Waals surface area contributed by atoms with Gasteiger partial charge in [-0.3, -0.25) is 9.59 Å². The third kappa shape index (κ3) is 4.19. The van der Waals surface area contributed by atoms with E-state index in [0.29, 0.717) is 10.6 Å².